The molecule has 0 saturated carbocycles. The minimum absolute atomic E-state index is 0.125. The monoisotopic (exact) mass is 362 g/mol. The van der Waals surface area contributed by atoms with Crippen LogP contribution in [-0.2, 0) is 11.3 Å². The number of nitrogens with zero attached hydrogens (tertiary/aromatic N) is 6. The summed E-state index contributed by atoms with van der Waals surface area (Å²) in [6, 6.07) is 3.75. The van der Waals surface area contributed by atoms with Crippen LogP contribution in [-0.4, -0.2) is 56.7 Å². The Morgan fingerprint density at radius 3 is 2.52 bits per heavy atom. The van der Waals surface area contributed by atoms with Gasteiger partial charge in [-0.15, -0.1) is 0 Å². The van der Waals surface area contributed by atoms with Crippen molar-refractivity contribution in [2.45, 2.75) is 27.3 Å². The molecule has 7 nitrogen and oxygen atoms in total. The van der Waals surface area contributed by atoms with Gasteiger partial charge in [0, 0.05) is 32.4 Å². The second kappa shape index (κ2) is 7.39. The minimum atomic E-state index is -0.125. The maximum Gasteiger partial charge on any atom is 0.227 e. The lowest BCUT2D eigenvalue weighted by Crippen LogP contribution is -2.50. The van der Waals surface area contributed by atoms with Gasteiger partial charge in [0.25, 0.3) is 0 Å². The molecule has 0 unspecified atom stereocenters. The lowest BCUT2D eigenvalue weighted by atomic mass is 10.1. The van der Waals surface area contributed by atoms with Gasteiger partial charge in [-0.3, -0.25) is 4.79 Å². The molecule has 0 radical (unpaired) electrons. The van der Waals surface area contributed by atoms with Crippen LogP contribution in [0.3, 0.4) is 0 Å². The highest BCUT2D eigenvalue weighted by molar-refractivity contribution is 6.30. The van der Waals surface area contributed by atoms with Crippen LogP contribution in [0, 0.1) is 19.8 Å². The molecule has 8 heteroatoms. The molecule has 134 valence electrons. The molecule has 1 fully saturated rings. The molecule has 1 amide bonds. The Kier molecular flexibility index (Phi) is 5.22. The quantitative estimate of drug-likeness (QED) is 0.831. The Morgan fingerprint density at radius 1 is 1.24 bits per heavy atom. The van der Waals surface area contributed by atoms with E-state index in [4.69, 9.17) is 11.6 Å². The van der Waals surface area contributed by atoms with Crippen LogP contribution in [0.5, 0.6) is 0 Å². The number of amides is 1. The van der Waals surface area contributed by atoms with Crippen LogP contribution in [0.15, 0.2) is 18.3 Å². The van der Waals surface area contributed by atoms with Gasteiger partial charge in [-0.05, 0) is 26.0 Å². The van der Waals surface area contributed by atoms with Crippen molar-refractivity contribution in [3.05, 3.63) is 35.0 Å². The van der Waals surface area contributed by atoms with E-state index in [9.17, 15) is 4.79 Å². The van der Waals surface area contributed by atoms with Crippen molar-refractivity contribution in [3.63, 3.8) is 0 Å². The van der Waals surface area contributed by atoms with E-state index in [2.05, 4.69) is 20.0 Å². The Morgan fingerprint density at radius 2 is 1.96 bits per heavy atom. The fourth-order valence-corrected chi connectivity index (χ4v) is 3.21. The largest absolute Gasteiger partial charge is 0.353 e. The van der Waals surface area contributed by atoms with E-state index < -0.39 is 0 Å². The van der Waals surface area contributed by atoms with E-state index in [-0.39, 0.29) is 11.8 Å². The Hall–Kier alpha value is -2.15. The number of hydrogen-bond acceptors (Lipinski definition) is 5. The van der Waals surface area contributed by atoms with Crippen molar-refractivity contribution >= 4 is 23.3 Å². The number of halogens is 1. The van der Waals surface area contributed by atoms with Crippen LogP contribution in [0.25, 0.3) is 0 Å². The Labute approximate surface area is 152 Å². The van der Waals surface area contributed by atoms with Crippen LogP contribution in [0.4, 0.5) is 5.82 Å². The summed E-state index contributed by atoms with van der Waals surface area (Å²) in [6.45, 7) is 9.22. The van der Waals surface area contributed by atoms with Crippen molar-refractivity contribution in [1.82, 2.24) is 24.6 Å². The van der Waals surface area contributed by atoms with Crippen LogP contribution in [0.1, 0.15) is 18.6 Å². The standard InChI is InChI=1S/C17H23ClN6O/c1-12(11-24-14(3)20-13(2)21-24)17(25)23-8-6-22(7-9-23)16-5-4-15(18)10-19-16/h4-5,10,12H,6-9,11H2,1-3H3/t12-/m0/s1. The van der Waals surface area contributed by atoms with E-state index >= 15 is 0 Å². The van der Waals surface area contributed by atoms with Gasteiger partial charge in [-0.2, -0.15) is 5.10 Å². The molecule has 2 aromatic heterocycles. The van der Waals surface area contributed by atoms with E-state index in [1.807, 2.05) is 42.5 Å². The SMILES string of the molecule is Cc1nc(C)n(C[C@H](C)C(=O)N2CCN(c3ccc(Cl)cn3)CC2)n1. The number of rotatable bonds is 4. The highest BCUT2D eigenvalue weighted by Gasteiger charge is 2.26. The fraction of sp³-hybridized carbons (Fsp3) is 0.529. The molecular weight excluding hydrogens is 340 g/mol. The molecule has 0 N–H and O–H groups in total. The zero-order valence-corrected chi connectivity index (χ0v) is 15.6. The minimum Gasteiger partial charge on any atom is -0.353 e. The van der Waals surface area contributed by atoms with Crippen molar-refractivity contribution in [2.75, 3.05) is 31.1 Å². The first kappa shape index (κ1) is 17.7. The zero-order valence-electron chi connectivity index (χ0n) is 14.8. The highest BCUT2D eigenvalue weighted by atomic mass is 35.5. The predicted molar refractivity (Wildman–Crippen MR) is 96.7 cm³/mol. The molecule has 25 heavy (non-hydrogen) atoms. The molecule has 0 aliphatic carbocycles. The van der Waals surface area contributed by atoms with Gasteiger partial charge in [0.05, 0.1) is 17.5 Å². The molecule has 0 aromatic carbocycles. The number of aryl methyl sites for hydroxylation is 2. The normalized spacial score (nSPS) is 16.2. The number of piperazine rings is 1. The van der Waals surface area contributed by atoms with E-state index in [0.717, 1.165) is 30.6 Å². The number of carbonyl (C=O) groups is 1. The number of anilines is 1. The number of hydrogen-bond donors (Lipinski definition) is 0. The molecule has 1 saturated heterocycles. The van der Waals surface area contributed by atoms with Gasteiger partial charge >= 0.3 is 0 Å². The van der Waals surface area contributed by atoms with Gasteiger partial charge in [0.15, 0.2) is 0 Å². The summed E-state index contributed by atoms with van der Waals surface area (Å²) in [6.07, 6.45) is 1.65. The molecule has 2 aromatic rings. The topological polar surface area (TPSA) is 67.2 Å². The molecule has 1 aliphatic rings. The molecule has 1 atom stereocenters. The first-order valence-electron chi connectivity index (χ1n) is 8.47. The Bertz CT molecular complexity index is 736. The third kappa shape index (κ3) is 4.10. The van der Waals surface area contributed by atoms with E-state index in [0.29, 0.717) is 24.7 Å². The van der Waals surface area contributed by atoms with Gasteiger partial charge in [-0.1, -0.05) is 18.5 Å². The second-order valence-electron chi connectivity index (χ2n) is 6.44. The number of pyridine rings is 1. The smallest absolute Gasteiger partial charge is 0.227 e. The van der Waals surface area contributed by atoms with Gasteiger partial charge in [0.1, 0.15) is 17.5 Å². The summed E-state index contributed by atoms with van der Waals surface area (Å²) < 4.78 is 1.81. The molecule has 1 aliphatic heterocycles. The molecular formula is C17H23ClN6O. The average Bonchev–Trinajstić information content (AvgIpc) is 2.92. The first-order valence-corrected chi connectivity index (χ1v) is 8.85. The van der Waals surface area contributed by atoms with E-state index in [1.165, 1.54) is 0 Å². The van der Waals surface area contributed by atoms with Crippen LogP contribution in [0.2, 0.25) is 5.02 Å². The van der Waals surface area contributed by atoms with Gasteiger partial charge in [-0.25, -0.2) is 14.6 Å². The van der Waals surface area contributed by atoms with Gasteiger partial charge in [0.2, 0.25) is 5.91 Å². The second-order valence-corrected chi connectivity index (χ2v) is 6.87. The van der Waals surface area contributed by atoms with Gasteiger partial charge < -0.3 is 9.80 Å². The van der Waals surface area contributed by atoms with Crippen molar-refractivity contribution in [2.24, 2.45) is 5.92 Å². The maximum atomic E-state index is 12.7. The summed E-state index contributed by atoms with van der Waals surface area (Å²) in [7, 11) is 0. The third-order valence-electron chi connectivity index (χ3n) is 4.46. The summed E-state index contributed by atoms with van der Waals surface area (Å²) >= 11 is 5.88. The van der Waals surface area contributed by atoms with Crippen LogP contribution < -0.4 is 4.90 Å². The number of aromatic nitrogens is 4. The molecule has 3 rings (SSSR count). The summed E-state index contributed by atoms with van der Waals surface area (Å²) in [5.74, 6) is 2.52. The van der Waals surface area contributed by atoms with Crippen molar-refractivity contribution in [3.8, 4) is 0 Å². The summed E-state index contributed by atoms with van der Waals surface area (Å²) in [4.78, 5) is 25.5. The third-order valence-corrected chi connectivity index (χ3v) is 4.68. The highest BCUT2D eigenvalue weighted by Crippen LogP contribution is 2.17. The summed E-state index contributed by atoms with van der Waals surface area (Å²) in [5.41, 5.74) is 0. The zero-order chi connectivity index (χ0) is 18.0. The van der Waals surface area contributed by atoms with Crippen molar-refractivity contribution < 1.29 is 4.79 Å². The van der Waals surface area contributed by atoms with Crippen LogP contribution >= 0.6 is 11.6 Å². The van der Waals surface area contributed by atoms with E-state index in [1.54, 1.807) is 6.20 Å². The first-order chi connectivity index (χ1) is 11.9. The molecule has 3 heterocycles. The summed E-state index contributed by atoms with van der Waals surface area (Å²) in [5, 5.41) is 4.97. The average molecular weight is 363 g/mol. The molecule has 0 spiro atoms. The lowest BCUT2D eigenvalue weighted by Gasteiger charge is -2.36. The predicted octanol–water partition coefficient (Wildman–Crippen LogP) is 1.93. The Balaban J connectivity index is 1.55. The number of carbonyl (C=O) groups excluding carboxylic acids is 1. The maximum absolute atomic E-state index is 12.7. The molecule has 0 bridgehead atoms. The lowest BCUT2D eigenvalue weighted by molar-refractivity contribution is -0.135. The fourth-order valence-electron chi connectivity index (χ4n) is 3.09. The van der Waals surface area contributed by atoms with Crippen molar-refractivity contribution in [1.29, 1.82) is 0 Å².